The molecular formula is C15H17Cl2N3O3S2. The number of anilines is 1. The first-order chi connectivity index (χ1) is 11.6. The molecule has 1 aromatic heterocycles. The Bertz CT molecular complexity index is 874. The van der Waals surface area contributed by atoms with Gasteiger partial charge < -0.3 is 4.90 Å². The number of carbonyl (C=O) groups excluding carboxylic acids is 1. The monoisotopic (exact) mass is 421 g/mol. The van der Waals surface area contributed by atoms with Crippen molar-refractivity contribution < 1.29 is 13.2 Å². The predicted octanol–water partition coefficient (Wildman–Crippen LogP) is 3.58. The van der Waals surface area contributed by atoms with Crippen molar-refractivity contribution in [2.45, 2.75) is 25.2 Å². The molecule has 0 fully saturated rings. The summed E-state index contributed by atoms with van der Waals surface area (Å²) in [6.45, 7) is 4.09. The topological polar surface area (TPSA) is 79.4 Å². The van der Waals surface area contributed by atoms with E-state index in [9.17, 15) is 13.2 Å². The molecule has 0 bridgehead atoms. The molecule has 136 valence electrons. The van der Waals surface area contributed by atoms with Crippen LogP contribution in [0.5, 0.6) is 0 Å². The Labute approximate surface area is 160 Å². The summed E-state index contributed by atoms with van der Waals surface area (Å²) in [5.74, 6) is -0.0582. The van der Waals surface area contributed by atoms with Crippen molar-refractivity contribution in [2.75, 3.05) is 18.3 Å². The van der Waals surface area contributed by atoms with Crippen LogP contribution in [0.15, 0.2) is 23.2 Å². The molecule has 0 saturated carbocycles. The van der Waals surface area contributed by atoms with E-state index in [0.29, 0.717) is 22.0 Å². The molecule has 25 heavy (non-hydrogen) atoms. The van der Waals surface area contributed by atoms with E-state index in [4.69, 9.17) is 23.2 Å². The molecule has 1 heterocycles. The van der Waals surface area contributed by atoms with Crippen LogP contribution in [-0.4, -0.2) is 37.8 Å². The van der Waals surface area contributed by atoms with E-state index >= 15 is 0 Å². The second-order valence-electron chi connectivity index (χ2n) is 5.36. The fourth-order valence-electron chi connectivity index (χ4n) is 2.09. The molecule has 0 aliphatic heterocycles. The van der Waals surface area contributed by atoms with Gasteiger partial charge in [-0.3, -0.25) is 9.52 Å². The van der Waals surface area contributed by atoms with Crippen LogP contribution in [0.3, 0.4) is 0 Å². The quantitative estimate of drug-likeness (QED) is 0.772. The lowest BCUT2D eigenvalue weighted by atomic mass is 10.2. The normalized spacial score (nSPS) is 11.4. The summed E-state index contributed by atoms with van der Waals surface area (Å²) in [5, 5.41) is 0.568. The van der Waals surface area contributed by atoms with E-state index in [1.54, 1.807) is 18.9 Å². The number of thiazole rings is 1. The van der Waals surface area contributed by atoms with Crippen LogP contribution >= 0.6 is 34.5 Å². The first kappa shape index (κ1) is 20.0. The standard InChI is InChI=1S/C15H17Cl2N3O3S2/c1-4-20(3)13(21)7-11-8-18-15(24-11)19-25(22,23)14-9(2)5-10(16)6-12(14)17/h5-6,8H,4,7H2,1-3H3,(H,18,19). The number of aryl methyl sites for hydroxylation is 1. The van der Waals surface area contributed by atoms with Crippen LogP contribution in [0, 0.1) is 6.92 Å². The summed E-state index contributed by atoms with van der Waals surface area (Å²) in [7, 11) is -2.21. The smallest absolute Gasteiger partial charge is 0.265 e. The van der Waals surface area contributed by atoms with Crippen LogP contribution in [0.4, 0.5) is 5.13 Å². The van der Waals surface area contributed by atoms with Gasteiger partial charge in [-0.2, -0.15) is 0 Å². The maximum absolute atomic E-state index is 12.6. The number of nitrogens with zero attached hydrogens (tertiary/aromatic N) is 2. The third-order valence-corrected chi connectivity index (χ3v) is 6.68. The number of carbonyl (C=O) groups is 1. The van der Waals surface area contributed by atoms with Gasteiger partial charge in [0, 0.05) is 29.7 Å². The molecule has 0 aliphatic carbocycles. The summed E-state index contributed by atoms with van der Waals surface area (Å²) in [6.07, 6.45) is 1.66. The van der Waals surface area contributed by atoms with E-state index in [1.165, 1.54) is 18.3 Å². The molecule has 1 N–H and O–H groups in total. The summed E-state index contributed by atoms with van der Waals surface area (Å²) in [5.41, 5.74) is 0.432. The SMILES string of the molecule is CCN(C)C(=O)Cc1cnc(NS(=O)(=O)c2c(C)cc(Cl)cc2Cl)s1. The average molecular weight is 422 g/mol. The number of halogens is 2. The van der Waals surface area contributed by atoms with Crippen LogP contribution in [0.2, 0.25) is 10.0 Å². The van der Waals surface area contributed by atoms with Gasteiger partial charge in [0.05, 0.1) is 11.4 Å². The summed E-state index contributed by atoms with van der Waals surface area (Å²) in [4.78, 5) is 18.2. The largest absolute Gasteiger partial charge is 0.346 e. The Morgan fingerprint density at radius 1 is 1.36 bits per heavy atom. The van der Waals surface area contributed by atoms with Crippen molar-refractivity contribution in [3.63, 3.8) is 0 Å². The fourth-order valence-corrected chi connectivity index (χ4v) is 5.33. The molecule has 6 nitrogen and oxygen atoms in total. The Morgan fingerprint density at radius 2 is 2.04 bits per heavy atom. The van der Waals surface area contributed by atoms with Crippen molar-refractivity contribution in [1.29, 1.82) is 0 Å². The van der Waals surface area contributed by atoms with Crippen molar-refractivity contribution >= 4 is 55.6 Å². The Kier molecular flexibility index (Phi) is 6.31. The highest BCUT2D eigenvalue weighted by molar-refractivity contribution is 7.93. The first-order valence-corrected chi connectivity index (χ1v) is 10.4. The van der Waals surface area contributed by atoms with E-state index < -0.39 is 10.0 Å². The molecule has 0 unspecified atom stereocenters. The van der Waals surface area contributed by atoms with Gasteiger partial charge in [-0.1, -0.05) is 23.2 Å². The molecule has 10 heteroatoms. The van der Waals surface area contributed by atoms with E-state index in [0.717, 1.165) is 11.3 Å². The zero-order valence-corrected chi connectivity index (χ0v) is 17.0. The Morgan fingerprint density at radius 3 is 2.64 bits per heavy atom. The number of likely N-dealkylation sites (N-methyl/N-ethyl adjacent to an activating group) is 1. The molecule has 1 amide bonds. The maximum atomic E-state index is 12.6. The van der Waals surface area contributed by atoms with Gasteiger partial charge in [0.15, 0.2) is 5.13 Å². The minimum Gasteiger partial charge on any atom is -0.346 e. The third kappa shape index (κ3) is 4.84. The van der Waals surface area contributed by atoms with E-state index in [1.807, 2.05) is 6.92 Å². The molecular weight excluding hydrogens is 405 g/mol. The van der Waals surface area contributed by atoms with Crippen LogP contribution in [0.1, 0.15) is 17.4 Å². The number of sulfonamides is 1. The maximum Gasteiger partial charge on any atom is 0.265 e. The number of hydrogen-bond acceptors (Lipinski definition) is 5. The summed E-state index contributed by atoms with van der Waals surface area (Å²) >= 11 is 13.0. The third-order valence-electron chi connectivity index (χ3n) is 3.46. The van der Waals surface area contributed by atoms with Gasteiger partial charge >= 0.3 is 0 Å². The van der Waals surface area contributed by atoms with Gasteiger partial charge in [-0.05, 0) is 31.5 Å². The lowest BCUT2D eigenvalue weighted by molar-refractivity contribution is -0.128. The van der Waals surface area contributed by atoms with Crippen LogP contribution in [0.25, 0.3) is 0 Å². The minimum atomic E-state index is -3.92. The number of amides is 1. The Balaban J connectivity index is 2.21. The Hall–Kier alpha value is -1.35. The number of aromatic nitrogens is 1. The van der Waals surface area contributed by atoms with Gasteiger partial charge in [-0.15, -0.1) is 11.3 Å². The summed E-state index contributed by atoms with van der Waals surface area (Å²) in [6, 6.07) is 2.89. The average Bonchev–Trinajstić information content (AvgIpc) is 2.90. The lowest BCUT2D eigenvalue weighted by Gasteiger charge is -2.13. The van der Waals surface area contributed by atoms with Crippen molar-refractivity contribution in [3.05, 3.63) is 38.8 Å². The number of nitrogens with one attached hydrogen (secondary N) is 1. The molecule has 0 saturated heterocycles. The molecule has 0 atom stereocenters. The second-order valence-corrected chi connectivity index (χ2v) is 8.93. The highest BCUT2D eigenvalue weighted by Gasteiger charge is 2.23. The van der Waals surface area contributed by atoms with Crippen molar-refractivity contribution in [2.24, 2.45) is 0 Å². The number of rotatable bonds is 6. The molecule has 2 aromatic rings. The van der Waals surface area contributed by atoms with E-state index in [2.05, 4.69) is 9.71 Å². The van der Waals surface area contributed by atoms with Crippen LogP contribution in [-0.2, 0) is 21.2 Å². The van der Waals surface area contributed by atoms with Crippen LogP contribution < -0.4 is 4.72 Å². The van der Waals surface area contributed by atoms with Gasteiger partial charge in [0.25, 0.3) is 10.0 Å². The number of hydrogen-bond donors (Lipinski definition) is 1. The first-order valence-electron chi connectivity index (χ1n) is 7.31. The highest BCUT2D eigenvalue weighted by atomic mass is 35.5. The molecule has 0 radical (unpaired) electrons. The molecule has 0 spiro atoms. The minimum absolute atomic E-state index is 0.0361. The fraction of sp³-hybridized carbons (Fsp3) is 0.333. The van der Waals surface area contributed by atoms with Gasteiger partial charge in [0.1, 0.15) is 4.90 Å². The molecule has 0 aliphatic rings. The molecule has 2 rings (SSSR count). The van der Waals surface area contributed by atoms with Gasteiger partial charge in [-0.25, -0.2) is 13.4 Å². The summed E-state index contributed by atoms with van der Waals surface area (Å²) < 4.78 is 27.6. The zero-order valence-electron chi connectivity index (χ0n) is 13.8. The van der Waals surface area contributed by atoms with E-state index in [-0.39, 0.29) is 27.4 Å². The number of benzene rings is 1. The highest BCUT2D eigenvalue weighted by Crippen LogP contribution is 2.31. The lowest BCUT2D eigenvalue weighted by Crippen LogP contribution is -2.27. The predicted molar refractivity (Wildman–Crippen MR) is 101 cm³/mol. The van der Waals surface area contributed by atoms with Gasteiger partial charge in [0.2, 0.25) is 5.91 Å². The zero-order chi connectivity index (χ0) is 18.8. The second kappa shape index (κ2) is 7.90. The van der Waals surface area contributed by atoms with Crippen molar-refractivity contribution in [1.82, 2.24) is 9.88 Å². The van der Waals surface area contributed by atoms with Crippen molar-refractivity contribution in [3.8, 4) is 0 Å². The molecule has 1 aromatic carbocycles.